The first-order valence-corrected chi connectivity index (χ1v) is 10.6. The standard InChI is InChI=1S/C20H37N5O2S.HI/c1-10-21-16(22-11-14-12-28-15(24-14)18(2,3)4)23-13-20(8,9)25-17(26)27-19(5,6)7;/h12H,10-11,13H2,1-9H3,(H,25,26)(H2,21,22,23);1H. The molecule has 7 nitrogen and oxygen atoms in total. The first-order chi connectivity index (χ1) is 12.7. The molecular weight excluding hydrogens is 501 g/mol. The highest BCUT2D eigenvalue weighted by molar-refractivity contribution is 14.0. The maximum Gasteiger partial charge on any atom is 0.408 e. The lowest BCUT2D eigenvalue weighted by atomic mass is 9.98. The number of nitrogens with zero attached hydrogens (tertiary/aromatic N) is 2. The van der Waals surface area contributed by atoms with Crippen LogP contribution in [0.15, 0.2) is 10.4 Å². The summed E-state index contributed by atoms with van der Waals surface area (Å²) >= 11 is 1.67. The van der Waals surface area contributed by atoms with Gasteiger partial charge in [0, 0.05) is 23.9 Å². The highest BCUT2D eigenvalue weighted by Crippen LogP contribution is 2.25. The first-order valence-electron chi connectivity index (χ1n) is 9.70. The van der Waals surface area contributed by atoms with E-state index in [1.807, 2.05) is 41.5 Å². The number of ether oxygens (including phenoxy) is 1. The highest BCUT2D eigenvalue weighted by Gasteiger charge is 2.25. The van der Waals surface area contributed by atoms with E-state index in [4.69, 9.17) is 4.74 Å². The molecule has 3 N–H and O–H groups in total. The van der Waals surface area contributed by atoms with E-state index in [1.165, 1.54) is 0 Å². The van der Waals surface area contributed by atoms with Crippen LogP contribution in [0.5, 0.6) is 0 Å². The molecule has 0 aliphatic heterocycles. The smallest absolute Gasteiger partial charge is 0.408 e. The summed E-state index contributed by atoms with van der Waals surface area (Å²) in [7, 11) is 0. The van der Waals surface area contributed by atoms with Gasteiger partial charge in [-0.1, -0.05) is 20.8 Å². The van der Waals surface area contributed by atoms with E-state index in [0.29, 0.717) is 19.0 Å². The van der Waals surface area contributed by atoms with Gasteiger partial charge in [0.05, 0.1) is 22.8 Å². The molecule has 9 heteroatoms. The quantitative estimate of drug-likeness (QED) is 0.283. The van der Waals surface area contributed by atoms with Crippen LogP contribution in [0.2, 0.25) is 0 Å². The van der Waals surface area contributed by atoms with E-state index in [0.717, 1.165) is 17.2 Å². The van der Waals surface area contributed by atoms with Crippen LogP contribution in [0.3, 0.4) is 0 Å². The number of hydrogen-bond donors (Lipinski definition) is 3. The van der Waals surface area contributed by atoms with Crippen molar-refractivity contribution in [2.24, 2.45) is 4.99 Å². The summed E-state index contributed by atoms with van der Waals surface area (Å²) in [5.41, 5.74) is -0.0207. The fourth-order valence-corrected chi connectivity index (χ4v) is 3.05. The van der Waals surface area contributed by atoms with Gasteiger partial charge >= 0.3 is 6.09 Å². The molecule has 1 heterocycles. The fraction of sp³-hybridized carbons (Fsp3) is 0.750. The van der Waals surface area contributed by atoms with Crippen molar-refractivity contribution >= 4 is 47.4 Å². The molecule has 0 aromatic carbocycles. The predicted molar refractivity (Wildman–Crippen MR) is 132 cm³/mol. The molecule has 0 saturated heterocycles. The molecule has 0 aliphatic rings. The van der Waals surface area contributed by atoms with Crippen molar-refractivity contribution in [3.05, 3.63) is 16.1 Å². The molecule has 1 aromatic rings. The van der Waals surface area contributed by atoms with E-state index in [2.05, 4.69) is 52.1 Å². The Morgan fingerprint density at radius 1 is 1.14 bits per heavy atom. The van der Waals surface area contributed by atoms with Crippen molar-refractivity contribution in [2.75, 3.05) is 13.1 Å². The number of amides is 1. The van der Waals surface area contributed by atoms with Gasteiger partial charge in [0.1, 0.15) is 5.60 Å². The molecule has 0 saturated carbocycles. The zero-order valence-electron chi connectivity index (χ0n) is 19.2. The first kappa shape index (κ1) is 27.9. The largest absolute Gasteiger partial charge is 0.444 e. The average Bonchev–Trinajstić information content (AvgIpc) is 2.96. The molecule has 1 aromatic heterocycles. The molecule has 29 heavy (non-hydrogen) atoms. The van der Waals surface area contributed by atoms with Gasteiger partial charge in [-0.05, 0) is 41.5 Å². The molecule has 1 rings (SSSR count). The second-order valence-corrected chi connectivity index (χ2v) is 10.3. The zero-order chi connectivity index (χ0) is 21.6. The van der Waals surface area contributed by atoms with E-state index >= 15 is 0 Å². The fourth-order valence-electron chi connectivity index (χ4n) is 2.15. The average molecular weight is 540 g/mol. The topological polar surface area (TPSA) is 87.6 Å². The Bertz CT molecular complexity index is 675. The van der Waals surface area contributed by atoms with E-state index in [9.17, 15) is 4.79 Å². The normalized spacial score (nSPS) is 12.8. The number of rotatable bonds is 6. The third-order valence-corrected chi connectivity index (χ3v) is 4.79. The van der Waals surface area contributed by atoms with E-state index < -0.39 is 17.2 Å². The number of halogens is 1. The molecule has 0 radical (unpaired) electrons. The van der Waals surface area contributed by atoms with Gasteiger partial charge in [-0.3, -0.25) is 0 Å². The van der Waals surface area contributed by atoms with Gasteiger partial charge in [0.25, 0.3) is 0 Å². The van der Waals surface area contributed by atoms with Crippen LogP contribution in [-0.2, 0) is 16.7 Å². The van der Waals surface area contributed by atoms with Gasteiger partial charge in [-0.2, -0.15) is 0 Å². The molecule has 0 fully saturated rings. The van der Waals surface area contributed by atoms with Crippen LogP contribution in [0.1, 0.15) is 73.0 Å². The number of aliphatic imine (C=N–C) groups is 1. The summed E-state index contributed by atoms with van der Waals surface area (Å²) < 4.78 is 5.33. The van der Waals surface area contributed by atoms with Gasteiger partial charge in [-0.25, -0.2) is 14.8 Å². The van der Waals surface area contributed by atoms with Gasteiger partial charge in [0.15, 0.2) is 5.96 Å². The van der Waals surface area contributed by atoms with E-state index in [1.54, 1.807) is 11.3 Å². The van der Waals surface area contributed by atoms with Crippen LogP contribution in [0.25, 0.3) is 0 Å². The SMILES string of the molecule is CCNC(=NCc1csc(C(C)(C)C)n1)NCC(C)(C)NC(=O)OC(C)(C)C.I. The summed E-state index contributed by atoms with van der Waals surface area (Å²) in [6.45, 7) is 19.6. The molecule has 1 amide bonds. The molecule has 168 valence electrons. The van der Waals surface area contributed by atoms with Crippen molar-refractivity contribution < 1.29 is 9.53 Å². The van der Waals surface area contributed by atoms with Crippen LogP contribution in [0, 0.1) is 0 Å². The number of hydrogen-bond acceptors (Lipinski definition) is 5. The van der Waals surface area contributed by atoms with Crippen molar-refractivity contribution in [2.45, 2.75) is 85.4 Å². The predicted octanol–water partition coefficient (Wildman–Crippen LogP) is 4.42. The Labute approximate surface area is 196 Å². The van der Waals surface area contributed by atoms with Crippen LogP contribution >= 0.6 is 35.3 Å². The minimum atomic E-state index is -0.524. The minimum absolute atomic E-state index is 0. The molecule has 0 bridgehead atoms. The van der Waals surface area contributed by atoms with Gasteiger partial charge < -0.3 is 20.7 Å². The lowest BCUT2D eigenvalue weighted by Gasteiger charge is -2.29. The summed E-state index contributed by atoms with van der Waals surface area (Å²) in [6, 6.07) is 0. The Morgan fingerprint density at radius 3 is 2.24 bits per heavy atom. The lowest BCUT2D eigenvalue weighted by molar-refractivity contribution is 0.0474. The van der Waals surface area contributed by atoms with Crippen molar-refractivity contribution in [1.82, 2.24) is 20.9 Å². The van der Waals surface area contributed by atoms with Crippen LogP contribution < -0.4 is 16.0 Å². The second-order valence-electron chi connectivity index (χ2n) is 9.45. The number of guanidine groups is 1. The third-order valence-electron chi connectivity index (χ3n) is 3.47. The zero-order valence-corrected chi connectivity index (χ0v) is 22.4. The number of thiazole rings is 1. The van der Waals surface area contributed by atoms with Gasteiger partial charge in [-0.15, -0.1) is 35.3 Å². The van der Waals surface area contributed by atoms with Crippen molar-refractivity contribution in [3.8, 4) is 0 Å². The Hall–Kier alpha value is -1.10. The van der Waals surface area contributed by atoms with Crippen molar-refractivity contribution in [3.63, 3.8) is 0 Å². The summed E-state index contributed by atoms with van der Waals surface area (Å²) in [6.07, 6.45) is -0.432. The lowest BCUT2D eigenvalue weighted by Crippen LogP contribution is -2.54. The Balaban J connectivity index is 0.00000784. The molecular formula is C20H38IN5O2S. The van der Waals surface area contributed by atoms with E-state index in [-0.39, 0.29) is 29.4 Å². The van der Waals surface area contributed by atoms with Crippen LogP contribution in [-0.4, -0.2) is 41.3 Å². The molecule has 0 unspecified atom stereocenters. The minimum Gasteiger partial charge on any atom is -0.444 e. The number of carbonyl (C=O) groups is 1. The third kappa shape index (κ3) is 11.6. The number of alkyl carbamates (subject to hydrolysis) is 1. The summed E-state index contributed by atoms with van der Waals surface area (Å²) in [4.78, 5) is 21.3. The molecule has 0 atom stereocenters. The van der Waals surface area contributed by atoms with Crippen LogP contribution in [0.4, 0.5) is 4.79 Å². The maximum atomic E-state index is 12.0. The molecule has 0 spiro atoms. The second kappa shape index (κ2) is 11.3. The maximum absolute atomic E-state index is 12.0. The Morgan fingerprint density at radius 2 is 1.76 bits per heavy atom. The highest BCUT2D eigenvalue weighted by atomic mass is 127. The molecule has 0 aliphatic carbocycles. The number of carbonyl (C=O) groups excluding carboxylic acids is 1. The summed E-state index contributed by atoms with van der Waals surface area (Å²) in [5.74, 6) is 0.687. The number of nitrogens with one attached hydrogen (secondary N) is 3. The van der Waals surface area contributed by atoms with Gasteiger partial charge in [0.2, 0.25) is 0 Å². The number of aromatic nitrogens is 1. The monoisotopic (exact) mass is 539 g/mol. The Kier molecular flexibility index (Phi) is 10.9. The van der Waals surface area contributed by atoms with Crippen molar-refractivity contribution in [1.29, 1.82) is 0 Å². The summed E-state index contributed by atoms with van der Waals surface area (Å²) in [5, 5.41) is 12.6.